The highest BCUT2D eigenvalue weighted by molar-refractivity contribution is 6.33. The number of carbonyl (C=O) groups excluding carboxylic acids is 3. The summed E-state index contributed by atoms with van der Waals surface area (Å²) >= 11 is 5.85. The normalized spacial score (nSPS) is 29.6. The highest BCUT2D eigenvalue weighted by Gasteiger charge is 2.61. The van der Waals surface area contributed by atoms with Gasteiger partial charge in [-0.15, -0.1) is 0 Å². The Labute approximate surface area is 149 Å². The number of nitrogens with zero attached hydrogens (tertiary/aromatic N) is 1. The van der Waals surface area contributed by atoms with Crippen molar-refractivity contribution in [2.75, 3.05) is 4.90 Å². The third-order valence-electron chi connectivity index (χ3n) is 5.42. The number of allylic oxidation sites excluding steroid dienone is 4. The zero-order valence-electron chi connectivity index (χ0n) is 13.7. The number of fused-ring (bicyclic) bond motifs is 5. The summed E-state index contributed by atoms with van der Waals surface area (Å²) in [6.07, 6.45) is 4.02. The van der Waals surface area contributed by atoms with E-state index in [4.69, 9.17) is 11.6 Å². The molecule has 0 unspecified atom stereocenters. The number of carboxylic acids is 1. The Morgan fingerprint density at radius 1 is 1.08 bits per heavy atom. The molecule has 0 spiro atoms. The molecule has 1 aromatic rings. The van der Waals surface area contributed by atoms with E-state index >= 15 is 0 Å². The lowest BCUT2D eigenvalue weighted by atomic mass is 9.85. The van der Waals surface area contributed by atoms with E-state index in [9.17, 15) is 19.5 Å². The van der Waals surface area contributed by atoms with E-state index < -0.39 is 17.8 Å². The third-order valence-corrected chi connectivity index (χ3v) is 5.75. The Morgan fingerprint density at radius 3 is 2.12 bits per heavy atom. The van der Waals surface area contributed by atoms with Crippen molar-refractivity contribution in [3.05, 3.63) is 52.1 Å². The molecule has 4 atom stereocenters. The Bertz CT molecular complexity index is 863. The van der Waals surface area contributed by atoms with Gasteiger partial charge in [0.15, 0.2) is 0 Å². The number of halogens is 1. The first-order valence-corrected chi connectivity index (χ1v) is 8.45. The molecule has 1 saturated heterocycles. The standard InChI is InChI=1S/C19H16ClNO4/c1-8(2)14-10-4-5-11(14)16-15(10)17(22)21(18(16)23)9-3-6-13(20)12(7-9)19(24)25/h3-7,10-11,15-16H,1-2H3,(H,24,25)/p-1/t10-,11-,15-,16-/m1/s1. The van der Waals surface area contributed by atoms with Gasteiger partial charge < -0.3 is 9.90 Å². The van der Waals surface area contributed by atoms with Gasteiger partial charge in [0, 0.05) is 22.4 Å². The lowest BCUT2D eigenvalue weighted by Gasteiger charge is -2.20. The fourth-order valence-corrected chi connectivity index (χ4v) is 4.69. The van der Waals surface area contributed by atoms with Crippen molar-refractivity contribution in [1.29, 1.82) is 0 Å². The van der Waals surface area contributed by atoms with Crippen LogP contribution in [0.5, 0.6) is 0 Å². The van der Waals surface area contributed by atoms with Crippen LogP contribution in [0.25, 0.3) is 0 Å². The van der Waals surface area contributed by atoms with E-state index in [-0.39, 0.29) is 39.9 Å². The molecule has 128 valence electrons. The summed E-state index contributed by atoms with van der Waals surface area (Å²) in [5, 5.41) is 11.2. The summed E-state index contributed by atoms with van der Waals surface area (Å²) < 4.78 is 0. The van der Waals surface area contributed by atoms with E-state index in [2.05, 4.69) is 0 Å². The average molecular weight is 357 g/mol. The number of hydrogen-bond acceptors (Lipinski definition) is 4. The number of amides is 2. The summed E-state index contributed by atoms with van der Waals surface area (Å²) in [4.78, 5) is 38.2. The van der Waals surface area contributed by atoms with Crippen LogP contribution in [0.1, 0.15) is 24.2 Å². The second-order valence-electron chi connectivity index (χ2n) is 6.91. The van der Waals surface area contributed by atoms with Crippen LogP contribution in [-0.2, 0) is 9.59 Å². The first-order chi connectivity index (χ1) is 11.8. The SMILES string of the molecule is CC(C)=C1[C@H]2C=C[C@H]1[C@H]1C(=O)N(c3ccc(Cl)c(C(=O)[O-])c3)C(=O)[C@@H]12. The van der Waals surface area contributed by atoms with Gasteiger partial charge in [-0.2, -0.15) is 0 Å². The van der Waals surface area contributed by atoms with Gasteiger partial charge >= 0.3 is 0 Å². The van der Waals surface area contributed by atoms with Crippen molar-refractivity contribution < 1.29 is 19.5 Å². The smallest absolute Gasteiger partial charge is 0.238 e. The zero-order valence-corrected chi connectivity index (χ0v) is 14.4. The number of carboxylic acid groups (broad SMARTS) is 1. The van der Waals surface area contributed by atoms with Crippen LogP contribution in [0.4, 0.5) is 5.69 Å². The molecule has 3 aliphatic rings. The van der Waals surface area contributed by atoms with Gasteiger partial charge in [0.1, 0.15) is 0 Å². The Balaban J connectivity index is 1.76. The summed E-state index contributed by atoms with van der Waals surface area (Å²) in [6, 6.07) is 4.08. The fraction of sp³-hybridized carbons (Fsp3) is 0.316. The summed E-state index contributed by atoms with van der Waals surface area (Å²) in [5.74, 6) is -2.91. The lowest BCUT2D eigenvalue weighted by molar-refractivity contribution is -0.255. The minimum atomic E-state index is -1.44. The first-order valence-electron chi connectivity index (χ1n) is 8.07. The van der Waals surface area contributed by atoms with Gasteiger partial charge in [-0.25, -0.2) is 4.90 Å². The molecule has 2 aliphatic carbocycles. The van der Waals surface area contributed by atoms with E-state index in [0.717, 1.165) is 10.5 Å². The molecule has 25 heavy (non-hydrogen) atoms. The van der Waals surface area contributed by atoms with Crippen LogP contribution in [-0.4, -0.2) is 17.8 Å². The van der Waals surface area contributed by atoms with Crippen LogP contribution >= 0.6 is 11.6 Å². The predicted octanol–water partition coefficient (Wildman–Crippen LogP) is 1.96. The maximum absolute atomic E-state index is 13.0. The van der Waals surface area contributed by atoms with Crippen LogP contribution in [0.2, 0.25) is 5.02 Å². The summed E-state index contributed by atoms with van der Waals surface area (Å²) in [6.45, 7) is 4.00. The lowest BCUT2D eigenvalue weighted by Crippen LogP contribution is -2.33. The molecule has 0 aromatic heterocycles. The molecule has 1 aliphatic heterocycles. The quantitative estimate of drug-likeness (QED) is 0.599. The van der Waals surface area contributed by atoms with Crippen molar-refractivity contribution >= 4 is 35.1 Å². The molecule has 2 amide bonds. The largest absolute Gasteiger partial charge is 0.545 e. The summed E-state index contributed by atoms with van der Waals surface area (Å²) in [5.41, 5.74) is 2.31. The number of imide groups is 1. The highest BCUT2D eigenvalue weighted by atomic mass is 35.5. The predicted molar refractivity (Wildman–Crippen MR) is 89.7 cm³/mol. The average Bonchev–Trinajstić information content (AvgIpc) is 3.18. The topological polar surface area (TPSA) is 77.5 Å². The molecule has 1 heterocycles. The van der Waals surface area contributed by atoms with Gasteiger partial charge in [0.2, 0.25) is 11.8 Å². The maximum atomic E-state index is 13.0. The molecule has 2 fully saturated rings. The van der Waals surface area contributed by atoms with Crippen LogP contribution in [0.3, 0.4) is 0 Å². The minimum absolute atomic E-state index is 0.0107. The van der Waals surface area contributed by atoms with E-state index in [1.54, 1.807) is 0 Å². The van der Waals surface area contributed by atoms with E-state index in [0.29, 0.717) is 0 Å². The number of rotatable bonds is 2. The van der Waals surface area contributed by atoms with Crippen LogP contribution in [0, 0.1) is 23.7 Å². The van der Waals surface area contributed by atoms with E-state index in [1.165, 1.54) is 23.8 Å². The van der Waals surface area contributed by atoms with Gasteiger partial charge in [-0.3, -0.25) is 9.59 Å². The zero-order chi connectivity index (χ0) is 18.0. The minimum Gasteiger partial charge on any atom is -0.545 e. The molecule has 0 N–H and O–H groups in total. The third kappa shape index (κ3) is 2.05. The number of hydrogen-bond donors (Lipinski definition) is 0. The maximum Gasteiger partial charge on any atom is 0.238 e. The van der Waals surface area contributed by atoms with Crippen molar-refractivity contribution in [1.82, 2.24) is 0 Å². The van der Waals surface area contributed by atoms with Crippen LogP contribution < -0.4 is 10.0 Å². The van der Waals surface area contributed by atoms with Crippen molar-refractivity contribution in [3.63, 3.8) is 0 Å². The van der Waals surface area contributed by atoms with Gasteiger partial charge in [0.05, 0.1) is 23.5 Å². The number of benzene rings is 1. The van der Waals surface area contributed by atoms with Gasteiger partial charge in [-0.05, 0) is 32.0 Å². The molecule has 0 radical (unpaired) electrons. The van der Waals surface area contributed by atoms with Crippen molar-refractivity contribution in [3.8, 4) is 0 Å². The second-order valence-corrected chi connectivity index (χ2v) is 7.31. The number of anilines is 1. The molecular formula is C19H15ClNO4-. The summed E-state index contributed by atoms with van der Waals surface area (Å²) in [7, 11) is 0. The fourth-order valence-electron chi connectivity index (χ4n) is 4.49. The highest BCUT2D eigenvalue weighted by Crippen LogP contribution is 2.57. The van der Waals surface area contributed by atoms with Crippen molar-refractivity contribution in [2.24, 2.45) is 23.7 Å². The Morgan fingerprint density at radius 2 is 1.64 bits per heavy atom. The molecular weight excluding hydrogens is 342 g/mol. The Kier molecular flexibility index (Phi) is 3.41. The van der Waals surface area contributed by atoms with Gasteiger partial charge in [-0.1, -0.05) is 34.9 Å². The molecule has 5 nitrogen and oxygen atoms in total. The molecule has 1 saturated carbocycles. The Hall–Kier alpha value is -2.40. The van der Waals surface area contributed by atoms with Crippen molar-refractivity contribution in [2.45, 2.75) is 13.8 Å². The van der Waals surface area contributed by atoms with Crippen LogP contribution in [0.15, 0.2) is 41.5 Å². The van der Waals surface area contributed by atoms with E-state index in [1.807, 2.05) is 26.0 Å². The molecule has 4 rings (SSSR count). The number of carbonyl (C=O) groups is 3. The molecule has 1 aromatic carbocycles. The monoisotopic (exact) mass is 356 g/mol. The first kappa shape index (κ1) is 16.1. The second kappa shape index (κ2) is 5.30. The molecule has 6 heteroatoms. The van der Waals surface area contributed by atoms with Gasteiger partial charge in [0.25, 0.3) is 0 Å². The number of aromatic carboxylic acids is 1. The molecule has 2 bridgehead atoms.